The summed E-state index contributed by atoms with van der Waals surface area (Å²) < 4.78 is 1.51. The third-order valence-electron chi connectivity index (χ3n) is 4.46. The van der Waals surface area contributed by atoms with Gasteiger partial charge in [0, 0.05) is 32.2 Å². The van der Waals surface area contributed by atoms with Gasteiger partial charge in [0.25, 0.3) is 0 Å². The van der Waals surface area contributed by atoms with Gasteiger partial charge < -0.3 is 10.2 Å². The first-order valence-electron chi connectivity index (χ1n) is 8.04. The zero-order valence-electron chi connectivity index (χ0n) is 13.7. The van der Waals surface area contributed by atoms with Crippen molar-refractivity contribution >= 4 is 28.5 Å². The van der Waals surface area contributed by atoms with Crippen molar-refractivity contribution in [3.05, 3.63) is 27.8 Å². The molecule has 1 saturated heterocycles. The molecule has 2 aromatic heterocycles. The van der Waals surface area contributed by atoms with E-state index in [0.717, 1.165) is 31.4 Å². The maximum absolute atomic E-state index is 12.2. The summed E-state index contributed by atoms with van der Waals surface area (Å²) in [6.07, 6.45) is 2.22. The summed E-state index contributed by atoms with van der Waals surface area (Å²) in [5.74, 6) is 0.640. The first kappa shape index (κ1) is 16.2. The molecule has 2 atom stereocenters. The van der Waals surface area contributed by atoms with Crippen molar-refractivity contribution in [2.24, 2.45) is 7.05 Å². The molecule has 3 heterocycles. The van der Waals surface area contributed by atoms with E-state index in [4.69, 9.17) is 11.6 Å². The van der Waals surface area contributed by atoms with Crippen LogP contribution in [-0.2, 0) is 7.05 Å². The largest absolute Gasteiger partial charge is 0.349 e. The molecule has 0 saturated carbocycles. The van der Waals surface area contributed by atoms with Gasteiger partial charge in [0.2, 0.25) is 0 Å². The van der Waals surface area contributed by atoms with Gasteiger partial charge in [0.15, 0.2) is 5.82 Å². The number of hydrogen-bond acceptors (Lipinski definition) is 5. The second-order valence-electron chi connectivity index (χ2n) is 6.17. The van der Waals surface area contributed by atoms with Gasteiger partial charge in [-0.25, -0.2) is 9.78 Å². The van der Waals surface area contributed by atoms with E-state index in [9.17, 15) is 4.79 Å². The van der Waals surface area contributed by atoms with E-state index in [0.29, 0.717) is 22.5 Å². The number of nitrogens with one attached hydrogen (secondary N) is 1. The number of fused-ring (bicyclic) bond motifs is 1. The standard InChI is InChI=1S/C16H22ClN5O/c1-4-5-11-9-22(10(2)8-18-11)15-14-12(6-7-13(17)19-14)21(3)16(23)20-15/h6-7,10-11,18H,4-5,8-9H2,1-3H3/t10-,11+/m0/s1. The Balaban J connectivity index is 2.12. The number of rotatable bonds is 3. The Labute approximate surface area is 140 Å². The van der Waals surface area contributed by atoms with Crippen molar-refractivity contribution in [1.82, 2.24) is 19.9 Å². The smallest absolute Gasteiger partial charge is 0.349 e. The summed E-state index contributed by atoms with van der Waals surface area (Å²) in [7, 11) is 1.71. The van der Waals surface area contributed by atoms with Crippen LogP contribution < -0.4 is 15.9 Å². The van der Waals surface area contributed by atoms with Crippen molar-refractivity contribution < 1.29 is 0 Å². The highest BCUT2D eigenvalue weighted by Crippen LogP contribution is 2.26. The van der Waals surface area contributed by atoms with E-state index in [1.165, 1.54) is 4.57 Å². The summed E-state index contributed by atoms with van der Waals surface area (Å²) in [6, 6.07) is 4.17. The number of hydrogen-bond donors (Lipinski definition) is 1. The lowest BCUT2D eigenvalue weighted by Crippen LogP contribution is -2.56. The molecule has 0 spiro atoms. The number of anilines is 1. The summed E-state index contributed by atoms with van der Waals surface area (Å²) in [6.45, 7) is 5.99. The highest BCUT2D eigenvalue weighted by atomic mass is 35.5. The normalized spacial score (nSPS) is 21.8. The van der Waals surface area contributed by atoms with Gasteiger partial charge in [-0.3, -0.25) is 4.57 Å². The second-order valence-corrected chi connectivity index (χ2v) is 6.56. The topological polar surface area (TPSA) is 63.1 Å². The number of pyridine rings is 1. The maximum Gasteiger partial charge on any atom is 0.349 e. The van der Waals surface area contributed by atoms with Crippen molar-refractivity contribution in [1.29, 1.82) is 0 Å². The average Bonchev–Trinajstić information content (AvgIpc) is 2.53. The SMILES string of the molecule is CCC[C@@H]1CN(c2nc(=O)n(C)c3ccc(Cl)nc23)[C@@H](C)CN1. The van der Waals surface area contributed by atoms with Gasteiger partial charge >= 0.3 is 5.69 Å². The van der Waals surface area contributed by atoms with Crippen LogP contribution in [0.4, 0.5) is 5.82 Å². The molecule has 0 amide bonds. The van der Waals surface area contributed by atoms with Crippen LogP contribution >= 0.6 is 11.6 Å². The zero-order valence-corrected chi connectivity index (χ0v) is 14.5. The van der Waals surface area contributed by atoms with Gasteiger partial charge in [-0.2, -0.15) is 4.98 Å². The fourth-order valence-corrected chi connectivity index (χ4v) is 3.30. The fourth-order valence-electron chi connectivity index (χ4n) is 3.15. The van der Waals surface area contributed by atoms with E-state index in [1.54, 1.807) is 13.1 Å². The summed E-state index contributed by atoms with van der Waals surface area (Å²) >= 11 is 6.08. The van der Waals surface area contributed by atoms with Crippen molar-refractivity contribution in [3.8, 4) is 0 Å². The first-order chi connectivity index (χ1) is 11.0. The Morgan fingerprint density at radius 1 is 1.39 bits per heavy atom. The number of aryl methyl sites for hydroxylation is 1. The van der Waals surface area contributed by atoms with E-state index in [2.05, 4.69) is 34.0 Å². The van der Waals surface area contributed by atoms with Crippen molar-refractivity contribution in [3.63, 3.8) is 0 Å². The minimum Gasteiger partial charge on any atom is -0.349 e. The molecule has 7 heteroatoms. The van der Waals surface area contributed by atoms with Crippen molar-refractivity contribution in [2.75, 3.05) is 18.0 Å². The Hall–Kier alpha value is -1.66. The number of nitrogens with zero attached hydrogens (tertiary/aromatic N) is 4. The molecule has 23 heavy (non-hydrogen) atoms. The maximum atomic E-state index is 12.2. The van der Waals surface area contributed by atoms with Gasteiger partial charge in [-0.05, 0) is 25.5 Å². The Morgan fingerprint density at radius 2 is 2.17 bits per heavy atom. The first-order valence-corrected chi connectivity index (χ1v) is 8.42. The van der Waals surface area contributed by atoms with Gasteiger partial charge in [-0.1, -0.05) is 24.9 Å². The highest BCUT2D eigenvalue weighted by molar-refractivity contribution is 6.29. The van der Waals surface area contributed by atoms with Crippen LogP contribution in [0.25, 0.3) is 11.0 Å². The van der Waals surface area contributed by atoms with Crippen molar-refractivity contribution in [2.45, 2.75) is 38.8 Å². The number of halogens is 1. The van der Waals surface area contributed by atoms with Crippen LogP contribution in [0.3, 0.4) is 0 Å². The summed E-state index contributed by atoms with van der Waals surface area (Å²) in [4.78, 5) is 23.2. The Morgan fingerprint density at radius 3 is 2.91 bits per heavy atom. The molecule has 0 bridgehead atoms. The molecule has 6 nitrogen and oxygen atoms in total. The third kappa shape index (κ3) is 3.05. The van der Waals surface area contributed by atoms with Crippen LogP contribution in [0.5, 0.6) is 0 Å². The Kier molecular flexibility index (Phi) is 4.55. The predicted octanol–water partition coefficient (Wildman–Crippen LogP) is 1.95. The number of piperazine rings is 1. The third-order valence-corrected chi connectivity index (χ3v) is 4.67. The number of aromatic nitrogens is 3. The lowest BCUT2D eigenvalue weighted by Gasteiger charge is -2.39. The molecular weight excluding hydrogens is 314 g/mol. The van der Waals surface area contributed by atoms with Crippen LogP contribution in [0.15, 0.2) is 16.9 Å². The van der Waals surface area contributed by atoms with E-state index < -0.39 is 0 Å². The van der Waals surface area contributed by atoms with Crippen LogP contribution in [0.2, 0.25) is 5.15 Å². The average molecular weight is 336 g/mol. The molecule has 2 aromatic rings. The van der Waals surface area contributed by atoms with E-state index in [-0.39, 0.29) is 11.7 Å². The molecule has 3 rings (SSSR count). The molecule has 1 fully saturated rings. The quantitative estimate of drug-likeness (QED) is 0.869. The Bertz CT molecular complexity index is 775. The zero-order chi connectivity index (χ0) is 16.6. The monoisotopic (exact) mass is 335 g/mol. The molecule has 0 unspecified atom stereocenters. The molecule has 124 valence electrons. The predicted molar refractivity (Wildman–Crippen MR) is 93.3 cm³/mol. The fraction of sp³-hybridized carbons (Fsp3) is 0.562. The molecule has 0 radical (unpaired) electrons. The lowest BCUT2D eigenvalue weighted by atomic mass is 10.1. The van der Waals surface area contributed by atoms with Crippen LogP contribution in [0.1, 0.15) is 26.7 Å². The molecule has 1 aliphatic rings. The summed E-state index contributed by atoms with van der Waals surface area (Å²) in [5.41, 5.74) is 1.17. The molecule has 0 aromatic carbocycles. The minimum atomic E-state index is -0.269. The summed E-state index contributed by atoms with van der Waals surface area (Å²) in [5, 5.41) is 3.97. The van der Waals surface area contributed by atoms with E-state index in [1.807, 2.05) is 6.07 Å². The second kappa shape index (κ2) is 6.45. The van der Waals surface area contributed by atoms with Crippen LogP contribution in [-0.4, -0.2) is 39.7 Å². The van der Waals surface area contributed by atoms with E-state index >= 15 is 0 Å². The molecule has 1 aliphatic heterocycles. The lowest BCUT2D eigenvalue weighted by molar-refractivity contribution is 0.384. The molecule has 1 N–H and O–H groups in total. The van der Waals surface area contributed by atoms with Crippen LogP contribution in [0, 0.1) is 0 Å². The highest BCUT2D eigenvalue weighted by Gasteiger charge is 2.28. The molecular formula is C16H22ClN5O. The van der Waals surface area contributed by atoms with Gasteiger partial charge in [-0.15, -0.1) is 0 Å². The van der Waals surface area contributed by atoms with Gasteiger partial charge in [0.1, 0.15) is 10.7 Å². The molecule has 0 aliphatic carbocycles. The minimum absolute atomic E-state index is 0.242. The van der Waals surface area contributed by atoms with Gasteiger partial charge in [0.05, 0.1) is 5.52 Å².